The molecule has 168 valence electrons. The normalized spacial score (nSPS) is 11.2. The summed E-state index contributed by atoms with van der Waals surface area (Å²) in [5.41, 5.74) is 2.78. The van der Waals surface area contributed by atoms with Crippen LogP contribution in [-0.4, -0.2) is 12.0 Å². The molecule has 0 radical (unpaired) electrons. The lowest BCUT2D eigenvalue weighted by Crippen LogP contribution is -2.03. The van der Waals surface area contributed by atoms with E-state index >= 15 is 0 Å². The van der Waals surface area contributed by atoms with Crippen molar-refractivity contribution in [2.45, 2.75) is 17.6 Å². The summed E-state index contributed by atoms with van der Waals surface area (Å²) in [7, 11) is 1.91. The third kappa shape index (κ3) is 6.18. The van der Waals surface area contributed by atoms with Crippen molar-refractivity contribution in [3.8, 4) is 0 Å². The number of aromatic amines is 1. The van der Waals surface area contributed by atoms with Crippen molar-refractivity contribution >= 4 is 46.5 Å². The van der Waals surface area contributed by atoms with Crippen LogP contribution in [0.2, 0.25) is 5.02 Å². The summed E-state index contributed by atoms with van der Waals surface area (Å²) in [5.74, 6) is -0.370. The van der Waals surface area contributed by atoms with Gasteiger partial charge in [0.05, 0.1) is 11.3 Å². The van der Waals surface area contributed by atoms with Crippen LogP contribution < -0.4 is 10.6 Å². The number of thiol groups is 1. The maximum absolute atomic E-state index is 13.8. The van der Waals surface area contributed by atoms with E-state index in [4.69, 9.17) is 11.6 Å². The first-order valence-corrected chi connectivity index (χ1v) is 10.3. The predicted octanol–water partition coefficient (Wildman–Crippen LogP) is 7.42. The van der Waals surface area contributed by atoms with E-state index in [0.29, 0.717) is 15.6 Å². The van der Waals surface area contributed by atoms with Crippen LogP contribution in [0.4, 0.5) is 28.9 Å². The SMILES string of the molecule is CNCc1c[nH]c2cc(Nc3ccc(Cl)cc3F)ccc12.FC(F)(F)c1cccc(S)c1. The number of hydrogen-bond acceptors (Lipinski definition) is 3. The van der Waals surface area contributed by atoms with Gasteiger partial charge in [0.15, 0.2) is 0 Å². The van der Waals surface area contributed by atoms with Crippen LogP contribution in [0.3, 0.4) is 0 Å². The molecule has 0 amide bonds. The lowest BCUT2D eigenvalue weighted by Gasteiger charge is -2.08. The molecule has 0 spiro atoms. The Morgan fingerprint density at radius 3 is 2.44 bits per heavy atom. The van der Waals surface area contributed by atoms with E-state index < -0.39 is 11.7 Å². The Morgan fingerprint density at radius 1 is 1.03 bits per heavy atom. The first kappa shape index (κ1) is 24.0. The Balaban J connectivity index is 0.000000222. The van der Waals surface area contributed by atoms with E-state index in [1.807, 2.05) is 31.4 Å². The van der Waals surface area contributed by atoms with Gasteiger partial charge in [-0.25, -0.2) is 4.39 Å². The van der Waals surface area contributed by atoms with Crippen molar-refractivity contribution in [3.63, 3.8) is 0 Å². The molecule has 3 N–H and O–H groups in total. The molecule has 3 nitrogen and oxygen atoms in total. The highest BCUT2D eigenvalue weighted by molar-refractivity contribution is 7.80. The van der Waals surface area contributed by atoms with Crippen molar-refractivity contribution < 1.29 is 17.6 Å². The first-order chi connectivity index (χ1) is 15.2. The van der Waals surface area contributed by atoms with Crippen LogP contribution >= 0.6 is 24.2 Å². The monoisotopic (exact) mass is 481 g/mol. The summed E-state index contributed by atoms with van der Waals surface area (Å²) in [5, 5.41) is 7.74. The van der Waals surface area contributed by atoms with Gasteiger partial charge in [0.25, 0.3) is 0 Å². The largest absolute Gasteiger partial charge is 0.416 e. The summed E-state index contributed by atoms with van der Waals surface area (Å²) in [4.78, 5) is 3.55. The molecule has 0 unspecified atom stereocenters. The molecule has 1 heterocycles. The highest BCUT2D eigenvalue weighted by atomic mass is 35.5. The zero-order valence-corrected chi connectivity index (χ0v) is 18.5. The van der Waals surface area contributed by atoms with Gasteiger partial charge in [0, 0.05) is 39.3 Å². The molecule has 4 rings (SSSR count). The summed E-state index contributed by atoms with van der Waals surface area (Å²) < 4.78 is 49.6. The lowest BCUT2D eigenvalue weighted by molar-refractivity contribution is -0.137. The summed E-state index contributed by atoms with van der Waals surface area (Å²) in [6.45, 7) is 0.804. The van der Waals surface area contributed by atoms with Crippen LogP contribution in [0.1, 0.15) is 11.1 Å². The molecule has 9 heteroatoms. The number of aromatic nitrogens is 1. The minimum atomic E-state index is -4.27. The molecule has 0 aliphatic rings. The number of benzene rings is 3. The van der Waals surface area contributed by atoms with Gasteiger partial charge in [-0.15, -0.1) is 12.6 Å². The third-order valence-electron chi connectivity index (χ3n) is 4.52. The number of H-pyrrole nitrogens is 1. The van der Waals surface area contributed by atoms with Crippen LogP contribution in [0.5, 0.6) is 0 Å². The van der Waals surface area contributed by atoms with E-state index in [9.17, 15) is 17.6 Å². The zero-order valence-electron chi connectivity index (χ0n) is 16.9. The Bertz CT molecular complexity index is 1210. The average Bonchev–Trinajstić information content (AvgIpc) is 3.12. The second kappa shape index (κ2) is 10.3. The average molecular weight is 482 g/mol. The lowest BCUT2D eigenvalue weighted by atomic mass is 10.1. The molecule has 0 saturated heterocycles. The van der Waals surface area contributed by atoms with Crippen LogP contribution in [0.25, 0.3) is 10.9 Å². The number of fused-ring (bicyclic) bond motifs is 1. The number of alkyl halides is 3. The summed E-state index contributed by atoms with van der Waals surface area (Å²) in [6, 6.07) is 15.3. The smallest absolute Gasteiger partial charge is 0.361 e. The van der Waals surface area contributed by atoms with Crippen LogP contribution in [-0.2, 0) is 12.7 Å². The molecule has 0 fully saturated rings. The second-order valence-corrected chi connectivity index (χ2v) is 7.85. The number of halogens is 5. The number of hydrogen-bond donors (Lipinski definition) is 4. The maximum atomic E-state index is 13.8. The minimum Gasteiger partial charge on any atom is -0.361 e. The van der Waals surface area contributed by atoms with E-state index in [1.54, 1.807) is 12.1 Å². The highest BCUT2D eigenvalue weighted by Gasteiger charge is 2.30. The second-order valence-electron chi connectivity index (χ2n) is 6.90. The third-order valence-corrected chi connectivity index (χ3v) is 5.03. The van der Waals surface area contributed by atoms with Crippen molar-refractivity contribution in [3.05, 3.63) is 88.8 Å². The zero-order chi connectivity index (χ0) is 23.3. The molecule has 3 aromatic carbocycles. The molecule has 1 aromatic heterocycles. The Kier molecular flexibility index (Phi) is 7.71. The van der Waals surface area contributed by atoms with E-state index in [-0.39, 0.29) is 5.82 Å². The first-order valence-electron chi connectivity index (χ1n) is 9.50. The summed E-state index contributed by atoms with van der Waals surface area (Å²) >= 11 is 9.54. The van der Waals surface area contributed by atoms with Gasteiger partial charge in [-0.2, -0.15) is 13.2 Å². The van der Waals surface area contributed by atoms with E-state index in [2.05, 4.69) is 28.2 Å². The number of nitrogens with one attached hydrogen (secondary N) is 3. The molecular weight excluding hydrogens is 462 g/mol. The molecule has 0 aliphatic heterocycles. The van der Waals surface area contributed by atoms with Gasteiger partial charge in [-0.05, 0) is 61.1 Å². The summed E-state index contributed by atoms with van der Waals surface area (Å²) in [6.07, 6.45) is -2.29. The van der Waals surface area contributed by atoms with Crippen molar-refractivity contribution in [2.24, 2.45) is 0 Å². The number of rotatable bonds is 4. The Labute approximate surface area is 193 Å². The fourth-order valence-electron chi connectivity index (χ4n) is 3.03. The van der Waals surface area contributed by atoms with Crippen LogP contribution in [0, 0.1) is 5.82 Å². The molecular formula is C23H20ClF4N3S. The van der Waals surface area contributed by atoms with Gasteiger partial charge >= 0.3 is 6.18 Å². The highest BCUT2D eigenvalue weighted by Crippen LogP contribution is 2.30. The molecule has 0 bridgehead atoms. The quantitative estimate of drug-likeness (QED) is 0.181. The topological polar surface area (TPSA) is 39.9 Å². The molecule has 4 aromatic rings. The molecule has 0 atom stereocenters. The van der Waals surface area contributed by atoms with Gasteiger partial charge in [0.2, 0.25) is 0 Å². The predicted molar refractivity (Wildman–Crippen MR) is 124 cm³/mol. The minimum absolute atomic E-state index is 0.319. The standard InChI is InChI=1S/C16H15ClFN3.C7H5F3S/c1-19-8-10-9-20-16-7-12(3-4-13(10)16)21-15-5-2-11(17)6-14(15)18;8-7(9,10)5-2-1-3-6(11)4-5/h2-7,9,19-21H,8H2,1H3;1-4,11H. The van der Waals surface area contributed by atoms with E-state index in [1.165, 1.54) is 23.8 Å². The Morgan fingerprint density at radius 2 is 1.81 bits per heavy atom. The van der Waals surface area contributed by atoms with Crippen LogP contribution in [0.15, 0.2) is 71.8 Å². The van der Waals surface area contributed by atoms with Gasteiger partial charge in [-0.3, -0.25) is 0 Å². The van der Waals surface area contributed by atoms with Gasteiger partial charge in [0.1, 0.15) is 5.82 Å². The van der Waals surface area contributed by atoms with Gasteiger partial charge in [-0.1, -0.05) is 23.7 Å². The maximum Gasteiger partial charge on any atom is 0.416 e. The fourth-order valence-corrected chi connectivity index (χ4v) is 3.41. The molecule has 0 aliphatic carbocycles. The van der Waals surface area contributed by atoms with E-state index in [0.717, 1.165) is 35.3 Å². The van der Waals surface area contributed by atoms with Crippen molar-refractivity contribution in [1.29, 1.82) is 0 Å². The number of anilines is 2. The van der Waals surface area contributed by atoms with Crippen molar-refractivity contribution in [1.82, 2.24) is 10.3 Å². The molecule has 0 saturated carbocycles. The molecule has 32 heavy (non-hydrogen) atoms. The Hall–Kier alpha value is -2.68. The van der Waals surface area contributed by atoms with Gasteiger partial charge < -0.3 is 15.6 Å². The van der Waals surface area contributed by atoms with Crippen molar-refractivity contribution in [2.75, 3.05) is 12.4 Å². The fraction of sp³-hybridized carbons (Fsp3) is 0.130.